The SMILES string of the molecule is CCc1ccc(CC)c(C(=O)C(CC)Oc2ccc(C)cc2N)c1. The highest BCUT2D eigenvalue weighted by Crippen LogP contribution is 2.26. The molecule has 0 aliphatic heterocycles. The van der Waals surface area contributed by atoms with E-state index in [9.17, 15) is 4.79 Å². The predicted octanol–water partition coefficient (Wildman–Crippen LogP) is 4.74. The normalized spacial score (nSPS) is 12.0. The number of carbonyl (C=O) groups excluding carboxylic acids is 1. The zero-order valence-corrected chi connectivity index (χ0v) is 15.1. The van der Waals surface area contributed by atoms with Gasteiger partial charge in [0.2, 0.25) is 5.78 Å². The molecule has 0 saturated carbocycles. The number of hydrogen-bond acceptors (Lipinski definition) is 3. The molecule has 128 valence electrons. The Bertz CT molecular complexity index is 722. The van der Waals surface area contributed by atoms with E-state index in [4.69, 9.17) is 10.5 Å². The number of ketones is 1. The zero-order valence-electron chi connectivity index (χ0n) is 15.1. The van der Waals surface area contributed by atoms with E-state index in [0.717, 1.165) is 29.5 Å². The molecule has 0 radical (unpaired) electrons. The van der Waals surface area contributed by atoms with Crippen LogP contribution < -0.4 is 10.5 Å². The van der Waals surface area contributed by atoms with Crippen LogP contribution in [0.5, 0.6) is 5.75 Å². The fraction of sp³-hybridized carbons (Fsp3) is 0.381. The summed E-state index contributed by atoms with van der Waals surface area (Å²) in [7, 11) is 0. The van der Waals surface area contributed by atoms with Gasteiger partial charge in [-0.3, -0.25) is 4.79 Å². The maximum atomic E-state index is 13.0. The molecule has 0 heterocycles. The van der Waals surface area contributed by atoms with Gasteiger partial charge in [-0.25, -0.2) is 0 Å². The lowest BCUT2D eigenvalue weighted by molar-refractivity contribution is 0.0787. The Morgan fingerprint density at radius 2 is 1.83 bits per heavy atom. The largest absolute Gasteiger partial charge is 0.480 e. The predicted molar refractivity (Wildman–Crippen MR) is 99.8 cm³/mol. The number of benzene rings is 2. The van der Waals surface area contributed by atoms with Gasteiger partial charge < -0.3 is 10.5 Å². The summed E-state index contributed by atoms with van der Waals surface area (Å²) in [6.07, 6.45) is 1.82. The molecular formula is C21H27NO2. The first-order valence-corrected chi connectivity index (χ1v) is 8.68. The first kappa shape index (κ1) is 18.1. The van der Waals surface area contributed by atoms with E-state index in [2.05, 4.69) is 26.0 Å². The highest BCUT2D eigenvalue weighted by molar-refractivity contribution is 6.01. The van der Waals surface area contributed by atoms with E-state index < -0.39 is 6.10 Å². The number of rotatable bonds is 7. The van der Waals surface area contributed by atoms with Crippen LogP contribution in [-0.2, 0) is 12.8 Å². The molecule has 0 amide bonds. The van der Waals surface area contributed by atoms with Crippen molar-refractivity contribution in [2.75, 3.05) is 5.73 Å². The molecule has 2 aromatic rings. The number of nitrogen functional groups attached to an aromatic ring is 1. The molecule has 0 fully saturated rings. The number of hydrogen-bond donors (Lipinski definition) is 1. The monoisotopic (exact) mass is 325 g/mol. The molecule has 3 nitrogen and oxygen atoms in total. The summed E-state index contributed by atoms with van der Waals surface area (Å²) in [6.45, 7) is 8.10. The summed E-state index contributed by atoms with van der Waals surface area (Å²) in [5.41, 5.74) is 10.7. The number of aryl methyl sites for hydroxylation is 3. The van der Waals surface area contributed by atoms with E-state index in [-0.39, 0.29) is 5.78 Å². The van der Waals surface area contributed by atoms with Gasteiger partial charge in [-0.05, 0) is 61.1 Å². The summed E-state index contributed by atoms with van der Waals surface area (Å²) < 4.78 is 5.96. The molecule has 1 unspecified atom stereocenters. The van der Waals surface area contributed by atoms with Gasteiger partial charge in [0.1, 0.15) is 5.75 Å². The molecule has 0 spiro atoms. The Hall–Kier alpha value is -2.29. The van der Waals surface area contributed by atoms with Gasteiger partial charge in [0, 0.05) is 5.56 Å². The van der Waals surface area contributed by atoms with E-state index in [1.165, 1.54) is 5.56 Å². The highest BCUT2D eigenvalue weighted by Gasteiger charge is 2.23. The van der Waals surface area contributed by atoms with Crippen molar-refractivity contribution in [1.29, 1.82) is 0 Å². The van der Waals surface area contributed by atoms with Crippen molar-refractivity contribution in [1.82, 2.24) is 0 Å². The van der Waals surface area contributed by atoms with Crippen LogP contribution in [0.1, 0.15) is 54.2 Å². The summed E-state index contributed by atoms with van der Waals surface area (Å²) in [6, 6.07) is 11.8. The third kappa shape index (κ3) is 3.97. The molecule has 2 rings (SSSR count). The van der Waals surface area contributed by atoms with E-state index in [1.807, 2.05) is 38.1 Å². The highest BCUT2D eigenvalue weighted by atomic mass is 16.5. The van der Waals surface area contributed by atoms with Crippen LogP contribution in [0.4, 0.5) is 5.69 Å². The van der Waals surface area contributed by atoms with Gasteiger partial charge in [0.25, 0.3) is 0 Å². The Labute approximate surface area is 144 Å². The first-order valence-electron chi connectivity index (χ1n) is 8.68. The van der Waals surface area contributed by atoms with Gasteiger partial charge in [-0.2, -0.15) is 0 Å². The number of nitrogens with two attached hydrogens (primary N) is 1. The Balaban J connectivity index is 2.31. The standard InChI is InChI=1S/C21H27NO2/c1-5-15-9-10-16(6-2)17(13-15)21(23)19(7-3)24-20-11-8-14(4)12-18(20)22/h8-13,19H,5-7,22H2,1-4H3. The molecule has 0 aliphatic rings. The molecule has 0 saturated heterocycles. The van der Waals surface area contributed by atoms with Gasteiger partial charge in [-0.15, -0.1) is 0 Å². The smallest absolute Gasteiger partial charge is 0.203 e. The minimum absolute atomic E-state index is 0.0321. The van der Waals surface area contributed by atoms with Gasteiger partial charge in [0.05, 0.1) is 5.69 Å². The van der Waals surface area contributed by atoms with Crippen molar-refractivity contribution in [3.63, 3.8) is 0 Å². The Morgan fingerprint density at radius 1 is 1.08 bits per heavy atom. The van der Waals surface area contributed by atoms with Gasteiger partial charge in [-0.1, -0.05) is 39.0 Å². The van der Waals surface area contributed by atoms with E-state index >= 15 is 0 Å². The third-order valence-electron chi connectivity index (χ3n) is 4.33. The second-order valence-electron chi connectivity index (χ2n) is 6.12. The molecular weight excluding hydrogens is 298 g/mol. The van der Waals surface area contributed by atoms with Gasteiger partial charge in [0.15, 0.2) is 6.10 Å². The van der Waals surface area contributed by atoms with Crippen LogP contribution >= 0.6 is 0 Å². The third-order valence-corrected chi connectivity index (χ3v) is 4.33. The molecule has 3 heteroatoms. The molecule has 2 N–H and O–H groups in total. The number of ether oxygens (including phenoxy) is 1. The van der Waals surface area contributed by atoms with Crippen molar-refractivity contribution in [3.8, 4) is 5.75 Å². The number of anilines is 1. The van der Waals surface area contributed by atoms with Crippen molar-refractivity contribution in [3.05, 3.63) is 58.7 Å². The number of Topliss-reactive ketones (excluding diaryl/α,β-unsaturated/α-hetero) is 1. The fourth-order valence-corrected chi connectivity index (χ4v) is 2.81. The van der Waals surface area contributed by atoms with Crippen LogP contribution in [0.3, 0.4) is 0 Å². The van der Waals surface area contributed by atoms with Crippen LogP contribution in [-0.4, -0.2) is 11.9 Å². The summed E-state index contributed by atoms with van der Waals surface area (Å²) in [5.74, 6) is 0.607. The lowest BCUT2D eigenvalue weighted by atomic mass is 9.94. The minimum atomic E-state index is -0.521. The van der Waals surface area contributed by atoms with Crippen molar-refractivity contribution < 1.29 is 9.53 Å². The van der Waals surface area contributed by atoms with E-state index in [0.29, 0.717) is 17.9 Å². The van der Waals surface area contributed by atoms with Crippen molar-refractivity contribution in [2.45, 2.75) is 53.1 Å². The summed E-state index contributed by atoms with van der Waals surface area (Å²) in [4.78, 5) is 13.0. The van der Waals surface area contributed by atoms with Crippen LogP contribution in [0.25, 0.3) is 0 Å². The molecule has 0 aliphatic carbocycles. The molecule has 1 atom stereocenters. The minimum Gasteiger partial charge on any atom is -0.480 e. The lowest BCUT2D eigenvalue weighted by Crippen LogP contribution is -2.28. The van der Waals surface area contributed by atoms with Crippen molar-refractivity contribution in [2.24, 2.45) is 0 Å². The van der Waals surface area contributed by atoms with Crippen molar-refractivity contribution >= 4 is 11.5 Å². The average molecular weight is 325 g/mol. The maximum Gasteiger partial charge on any atom is 0.203 e. The Morgan fingerprint density at radius 3 is 2.42 bits per heavy atom. The zero-order chi connectivity index (χ0) is 17.7. The lowest BCUT2D eigenvalue weighted by Gasteiger charge is -2.20. The quantitative estimate of drug-likeness (QED) is 0.591. The molecule has 24 heavy (non-hydrogen) atoms. The topological polar surface area (TPSA) is 52.3 Å². The van der Waals surface area contributed by atoms with Crippen LogP contribution in [0.2, 0.25) is 0 Å². The fourth-order valence-electron chi connectivity index (χ4n) is 2.81. The molecule has 2 aromatic carbocycles. The first-order chi connectivity index (χ1) is 11.5. The van der Waals surface area contributed by atoms with Gasteiger partial charge >= 0.3 is 0 Å². The molecule has 0 bridgehead atoms. The number of carbonyl (C=O) groups is 1. The summed E-state index contributed by atoms with van der Waals surface area (Å²) in [5, 5.41) is 0. The van der Waals surface area contributed by atoms with Crippen LogP contribution in [0.15, 0.2) is 36.4 Å². The summed E-state index contributed by atoms with van der Waals surface area (Å²) >= 11 is 0. The van der Waals surface area contributed by atoms with E-state index in [1.54, 1.807) is 0 Å². The second-order valence-corrected chi connectivity index (χ2v) is 6.12. The maximum absolute atomic E-state index is 13.0. The molecule has 0 aromatic heterocycles. The average Bonchev–Trinajstić information content (AvgIpc) is 2.60. The second kappa shape index (κ2) is 8.00. The Kier molecular flexibility index (Phi) is 6.02. The van der Waals surface area contributed by atoms with Crippen LogP contribution in [0, 0.1) is 6.92 Å².